The van der Waals surface area contributed by atoms with Crippen molar-refractivity contribution in [1.29, 1.82) is 0 Å². The molecule has 1 aromatic heterocycles. The van der Waals surface area contributed by atoms with E-state index in [0.29, 0.717) is 19.5 Å². The van der Waals surface area contributed by atoms with Gasteiger partial charge < -0.3 is 14.4 Å². The molecule has 0 atom stereocenters. The molecule has 1 saturated heterocycles. The number of hydrogen-bond donors (Lipinski definition) is 0. The summed E-state index contributed by atoms with van der Waals surface area (Å²) in [5.74, 6) is 0.272. The zero-order valence-electron chi connectivity index (χ0n) is 18.5. The van der Waals surface area contributed by atoms with Gasteiger partial charge in [-0.3, -0.25) is 9.59 Å². The van der Waals surface area contributed by atoms with E-state index in [0.717, 1.165) is 47.8 Å². The van der Waals surface area contributed by atoms with Gasteiger partial charge in [0, 0.05) is 55.4 Å². The Kier molecular flexibility index (Phi) is 6.40. The van der Waals surface area contributed by atoms with E-state index < -0.39 is 0 Å². The highest BCUT2D eigenvalue weighted by Crippen LogP contribution is 2.24. The van der Waals surface area contributed by atoms with Gasteiger partial charge in [-0.1, -0.05) is 43.3 Å². The van der Waals surface area contributed by atoms with Gasteiger partial charge in [0.15, 0.2) is 0 Å². The summed E-state index contributed by atoms with van der Waals surface area (Å²) < 4.78 is 2.09. The Morgan fingerprint density at radius 3 is 2.39 bits per heavy atom. The summed E-state index contributed by atoms with van der Waals surface area (Å²) in [5, 5.41) is 1.15. The molecule has 4 rings (SSSR count). The fourth-order valence-corrected chi connectivity index (χ4v) is 4.73. The normalized spacial score (nSPS) is 14.7. The molecular weight excluding hydrogens is 386 g/mol. The standard InChI is InChI=1S/C26H31N3O2/c1-3-15-29(25(30)18-21-19-27(2)24-12-8-7-11-23(21)24)22-13-16-28(17-14-22)26(31)20-9-5-4-6-10-20/h4-12,19,22H,3,13-18H2,1-2H3. The molecule has 0 N–H and O–H groups in total. The van der Waals surface area contributed by atoms with E-state index in [2.05, 4.69) is 34.7 Å². The molecule has 3 aromatic rings. The molecule has 1 aliphatic rings. The molecule has 162 valence electrons. The van der Waals surface area contributed by atoms with Gasteiger partial charge >= 0.3 is 0 Å². The Balaban J connectivity index is 1.43. The highest BCUT2D eigenvalue weighted by atomic mass is 16.2. The molecule has 31 heavy (non-hydrogen) atoms. The second-order valence-electron chi connectivity index (χ2n) is 8.44. The monoisotopic (exact) mass is 417 g/mol. The maximum absolute atomic E-state index is 13.3. The minimum absolute atomic E-state index is 0.0863. The van der Waals surface area contributed by atoms with Crippen molar-refractivity contribution in [2.24, 2.45) is 7.05 Å². The molecule has 2 aromatic carbocycles. The maximum Gasteiger partial charge on any atom is 0.253 e. The number of rotatable bonds is 6. The molecule has 0 saturated carbocycles. The molecule has 5 heteroatoms. The van der Waals surface area contributed by atoms with Crippen molar-refractivity contribution in [2.45, 2.75) is 38.6 Å². The lowest BCUT2D eigenvalue weighted by molar-refractivity contribution is -0.133. The molecule has 2 heterocycles. The van der Waals surface area contributed by atoms with E-state index in [9.17, 15) is 9.59 Å². The Hall–Kier alpha value is -3.08. The summed E-state index contributed by atoms with van der Waals surface area (Å²) in [4.78, 5) is 30.1. The third-order valence-corrected chi connectivity index (χ3v) is 6.32. The first-order chi connectivity index (χ1) is 15.1. The number of carbonyl (C=O) groups is 2. The van der Waals surface area contributed by atoms with Crippen molar-refractivity contribution >= 4 is 22.7 Å². The summed E-state index contributed by atoms with van der Waals surface area (Å²) in [5.41, 5.74) is 2.97. The first-order valence-electron chi connectivity index (χ1n) is 11.2. The zero-order valence-corrected chi connectivity index (χ0v) is 18.5. The number of likely N-dealkylation sites (tertiary alicyclic amines) is 1. The van der Waals surface area contributed by atoms with Gasteiger partial charge in [-0.2, -0.15) is 0 Å². The van der Waals surface area contributed by atoms with Gasteiger partial charge in [0.2, 0.25) is 5.91 Å². The van der Waals surface area contributed by atoms with Crippen LogP contribution in [0.2, 0.25) is 0 Å². The van der Waals surface area contributed by atoms with Gasteiger partial charge in [0.25, 0.3) is 5.91 Å². The number of fused-ring (bicyclic) bond motifs is 1. The van der Waals surface area contributed by atoms with E-state index in [1.54, 1.807) is 0 Å². The number of nitrogens with zero attached hydrogens (tertiary/aromatic N) is 3. The van der Waals surface area contributed by atoms with Gasteiger partial charge in [-0.05, 0) is 43.0 Å². The predicted molar refractivity (Wildman–Crippen MR) is 124 cm³/mol. The number of piperidine rings is 1. The van der Waals surface area contributed by atoms with Gasteiger partial charge in [-0.25, -0.2) is 0 Å². The summed E-state index contributed by atoms with van der Waals surface area (Å²) >= 11 is 0. The number of carbonyl (C=O) groups excluding carboxylic acids is 2. The van der Waals surface area contributed by atoms with Crippen LogP contribution in [0.15, 0.2) is 60.8 Å². The Morgan fingerprint density at radius 2 is 1.68 bits per heavy atom. The smallest absolute Gasteiger partial charge is 0.253 e. The van der Waals surface area contributed by atoms with E-state index in [1.807, 2.05) is 54.4 Å². The Bertz CT molecular complexity index is 1050. The van der Waals surface area contributed by atoms with Crippen LogP contribution >= 0.6 is 0 Å². The average Bonchev–Trinajstić information content (AvgIpc) is 3.13. The van der Waals surface area contributed by atoms with E-state index >= 15 is 0 Å². The van der Waals surface area contributed by atoms with E-state index in [4.69, 9.17) is 0 Å². The van der Waals surface area contributed by atoms with Crippen LogP contribution in [0.5, 0.6) is 0 Å². The SMILES string of the molecule is CCCN(C(=O)Cc1cn(C)c2ccccc12)C1CCN(C(=O)c2ccccc2)CC1. The number of para-hydroxylation sites is 1. The number of aryl methyl sites for hydroxylation is 1. The van der Waals surface area contributed by atoms with Crippen LogP contribution in [0.1, 0.15) is 42.1 Å². The van der Waals surface area contributed by atoms with Crippen LogP contribution in [0.4, 0.5) is 0 Å². The van der Waals surface area contributed by atoms with Crippen LogP contribution in [0.3, 0.4) is 0 Å². The molecule has 1 fully saturated rings. The summed E-state index contributed by atoms with van der Waals surface area (Å²) in [6.07, 6.45) is 5.10. The highest BCUT2D eigenvalue weighted by molar-refractivity contribution is 5.94. The molecule has 0 radical (unpaired) electrons. The first kappa shape index (κ1) is 21.2. The zero-order chi connectivity index (χ0) is 21.8. The average molecular weight is 418 g/mol. The minimum atomic E-state index is 0.0863. The minimum Gasteiger partial charge on any atom is -0.350 e. The molecular formula is C26H31N3O2. The van der Waals surface area contributed by atoms with Gasteiger partial charge in [0.05, 0.1) is 6.42 Å². The topological polar surface area (TPSA) is 45.6 Å². The first-order valence-corrected chi connectivity index (χ1v) is 11.2. The fraction of sp³-hybridized carbons (Fsp3) is 0.385. The van der Waals surface area contributed by atoms with E-state index in [1.165, 1.54) is 0 Å². The largest absolute Gasteiger partial charge is 0.350 e. The highest BCUT2D eigenvalue weighted by Gasteiger charge is 2.30. The summed E-state index contributed by atoms with van der Waals surface area (Å²) in [6, 6.07) is 17.9. The van der Waals surface area contributed by atoms with E-state index in [-0.39, 0.29) is 17.9 Å². The number of benzene rings is 2. The lowest BCUT2D eigenvalue weighted by Crippen LogP contribution is -2.49. The lowest BCUT2D eigenvalue weighted by atomic mass is 10.0. The third kappa shape index (κ3) is 4.50. The van der Waals surface area contributed by atoms with Crippen LogP contribution in [-0.2, 0) is 18.3 Å². The van der Waals surface area contributed by atoms with Crippen molar-refractivity contribution in [1.82, 2.24) is 14.4 Å². The van der Waals surface area contributed by atoms with Crippen molar-refractivity contribution < 1.29 is 9.59 Å². The number of hydrogen-bond acceptors (Lipinski definition) is 2. The molecule has 0 unspecified atom stereocenters. The summed E-state index contributed by atoms with van der Waals surface area (Å²) in [6.45, 7) is 4.27. The second-order valence-corrected chi connectivity index (χ2v) is 8.44. The number of aromatic nitrogens is 1. The quantitative estimate of drug-likeness (QED) is 0.601. The second kappa shape index (κ2) is 9.38. The molecule has 0 spiro atoms. The van der Waals surface area contributed by atoms with Crippen molar-refractivity contribution in [3.63, 3.8) is 0 Å². The number of amides is 2. The predicted octanol–water partition coefficient (Wildman–Crippen LogP) is 4.26. The lowest BCUT2D eigenvalue weighted by Gasteiger charge is -2.38. The Morgan fingerprint density at radius 1 is 1.00 bits per heavy atom. The van der Waals surface area contributed by atoms with Crippen LogP contribution < -0.4 is 0 Å². The van der Waals surface area contributed by atoms with Crippen LogP contribution in [-0.4, -0.2) is 51.9 Å². The summed E-state index contributed by atoms with van der Waals surface area (Å²) in [7, 11) is 2.03. The third-order valence-electron chi connectivity index (χ3n) is 6.32. The fourth-order valence-electron chi connectivity index (χ4n) is 4.73. The maximum atomic E-state index is 13.3. The van der Waals surface area contributed by atoms with Crippen LogP contribution in [0.25, 0.3) is 10.9 Å². The Labute approximate surface area is 184 Å². The molecule has 1 aliphatic heterocycles. The molecule has 5 nitrogen and oxygen atoms in total. The van der Waals surface area contributed by atoms with Crippen molar-refractivity contribution in [3.8, 4) is 0 Å². The van der Waals surface area contributed by atoms with Crippen LogP contribution in [0, 0.1) is 0 Å². The van der Waals surface area contributed by atoms with Gasteiger partial charge in [-0.15, -0.1) is 0 Å². The molecule has 0 aliphatic carbocycles. The molecule has 0 bridgehead atoms. The van der Waals surface area contributed by atoms with Crippen molar-refractivity contribution in [3.05, 3.63) is 71.9 Å². The van der Waals surface area contributed by atoms with Gasteiger partial charge in [0.1, 0.15) is 0 Å². The molecule has 2 amide bonds. The van der Waals surface area contributed by atoms with Crippen molar-refractivity contribution in [2.75, 3.05) is 19.6 Å².